The Labute approximate surface area is 212 Å². The first kappa shape index (κ1) is 24.8. The van der Waals surface area contributed by atoms with Crippen molar-refractivity contribution in [3.63, 3.8) is 0 Å². The molecule has 0 aliphatic carbocycles. The molecule has 182 valence electrons. The number of carbonyl (C=O) groups is 1. The second-order valence-electron chi connectivity index (χ2n) is 10.8. The smallest absolute Gasteiger partial charge is 0.258 e. The van der Waals surface area contributed by atoms with Crippen LogP contribution < -0.4 is 10.1 Å². The van der Waals surface area contributed by atoms with Gasteiger partial charge >= 0.3 is 0 Å². The average molecular weight is 490 g/mol. The summed E-state index contributed by atoms with van der Waals surface area (Å²) in [5.74, 6) is 0.192. The van der Waals surface area contributed by atoms with Crippen molar-refractivity contribution < 1.29 is 9.53 Å². The lowest BCUT2D eigenvalue weighted by Crippen LogP contribution is -2.45. The van der Waals surface area contributed by atoms with E-state index in [0.717, 1.165) is 28.4 Å². The molecule has 35 heavy (non-hydrogen) atoms. The highest BCUT2D eigenvalue weighted by Crippen LogP contribution is 2.31. The van der Waals surface area contributed by atoms with Crippen LogP contribution in [-0.4, -0.2) is 21.2 Å². The lowest BCUT2D eigenvalue weighted by atomic mass is 9.81. The zero-order chi connectivity index (χ0) is 25.2. The molecule has 0 saturated heterocycles. The molecule has 1 N–H and O–H groups in total. The summed E-state index contributed by atoms with van der Waals surface area (Å²) in [6.07, 6.45) is 2.41. The molecule has 5 nitrogen and oxygen atoms in total. The molecule has 0 spiro atoms. The van der Waals surface area contributed by atoms with Crippen molar-refractivity contribution in [2.24, 2.45) is 5.41 Å². The predicted octanol–water partition coefficient (Wildman–Crippen LogP) is 7.20. The van der Waals surface area contributed by atoms with Crippen LogP contribution in [0, 0.1) is 5.41 Å². The summed E-state index contributed by atoms with van der Waals surface area (Å²) in [4.78, 5) is 13.5. The molecule has 6 heteroatoms. The molecule has 1 heterocycles. The highest BCUT2D eigenvalue weighted by Gasteiger charge is 2.30. The molecule has 0 atom stereocenters. The molecule has 4 rings (SSSR count). The van der Waals surface area contributed by atoms with Gasteiger partial charge in [0.05, 0.1) is 11.9 Å². The number of amides is 1. The molecule has 0 saturated carbocycles. The third kappa shape index (κ3) is 6.04. The van der Waals surface area contributed by atoms with Crippen LogP contribution in [0.1, 0.15) is 57.0 Å². The summed E-state index contributed by atoms with van der Waals surface area (Å²) < 4.78 is 7.98. The largest absolute Gasteiger partial charge is 0.472 e. The van der Waals surface area contributed by atoms with Crippen LogP contribution in [0.15, 0.2) is 72.9 Å². The number of hydrogen-bond donors (Lipinski definition) is 1. The fourth-order valence-electron chi connectivity index (χ4n) is 4.67. The van der Waals surface area contributed by atoms with Gasteiger partial charge in [0.1, 0.15) is 12.2 Å². The number of ether oxygens (including phenoxy) is 1. The van der Waals surface area contributed by atoms with E-state index >= 15 is 0 Å². The van der Waals surface area contributed by atoms with Crippen LogP contribution in [0.25, 0.3) is 16.5 Å². The van der Waals surface area contributed by atoms with Crippen molar-refractivity contribution in [1.82, 2.24) is 15.1 Å². The zero-order valence-electron chi connectivity index (χ0n) is 20.9. The van der Waals surface area contributed by atoms with Crippen molar-refractivity contribution in [3.8, 4) is 11.6 Å². The lowest BCUT2D eigenvalue weighted by molar-refractivity contribution is 0.0886. The fourth-order valence-corrected chi connectivity index (χ4v) is 4.80. The number of fused-ring (bicyclic) bond motifs is 1. The van der Waals surface area contributed by atoms with E-state index in [1.165, 1.54) is 0 Å². The molecular weight excluding hydrogens is 458 g/mol. The van der Waals surface area contributed by atoms with E-state index in [-0.39, 0.29) is 17.9 Å². The number of carbonyl (C=O) groups excluding carboxylic acids is 1. The summed E-state index contributed by atoms with van der Waals surface area (Å²) in [7, 11) is 0. The summed E-state index contributed by atoms with van der Waals surface area (Å²) in [6.45, 7) is 10.9. The summed E-state index contributed by atoms with van der Waals surface area (Å²) >= 11 is 6.04. The number of nitrogens with one attached hydrogen (secondary N) is 1. The molecule has 0 unspecified atom stereocenters. The van der Waals surface area contributed by atoms with E-state index < -0.39 is 5.54 Å². The Balaban J connectivity index is 1.73. The Morgan fingerprint density at radius 3 is 2.37 bits per heavy atom. The Bertz CT molecular complexity index is 1330. The standard InChI is InChI=1S/C29H32ClN3O2/c1-28(2,3)19-29(4,5)32-26(34)24-17-31-33(25-12-8-10-21-9-6-7-11-23(21)25)27(24)35-18-20-13-15-22(30)16-14-20/h6-17H,18-19H2,1-5H3,(H,32,34). The van der Waals surface area contributed by atoms with Gasteiger partial charge in [-0.3, -0.25) is 4.79 Å². The van der Waals surface area contributed by atoms with Gasteiger partial charge in [0, 0.05) is 15.9 Å². The van der Waals surface area contributed by atoms with Gasteiger partial charge in [0.25, 0.3) is 5.91 Å². The molecule has 0 aliphatic heterocycles. The number of rotatable bonds is 7. The fraction of sp³-hybridized carbons (Fsp3) is 0.310. The minimum absolute atomic E-state index is 0.0673. The van der Waals surface area contributed by atoms with Crippen molar-refractivity contribution in [3.05, 3.63) is 89.1 Å². The summed E-state index contributed by atoms with van der Waals surface area (Å²) in [5, 5.41) is 10.6. The number of hydrogen-bond acceptors (Lipinski definition) is 3. The zero-order valence-corrected chi connectivity index (χ0v) is 21.7. The van der Waals surface area contributed by atoms with Crippen LogP contribution in [0.4, 0.5) is 0 Å². The van der Waals surface area contributed by atoms with Crippen LogP contribution in [0.3, 0.4) is 0 Å². The van der Waals surface area contributed by atoms with Gasteiger partial charge in [0.15, 0.2) is 0 Å². The van der Waals surface area contributed by atoms with Gasteiger partial charge in [0.2, 0.25) is 5.88 Å². The maximum atomic E-state index is 13.5. The summed E-state index contributed by atoms with van der Waals surface area (Å²) in [5.41, 5.74) is 1.86. The van der Waals surface area contributed by atoms with Gasteiger partial charge in [-0.2, -0.15) is 9.78 Å². The first-order valence-electron chi connectivity index (χ1n) is 11.8. The Kier molecular flexibility index (Phi) is 6.91. The molecule has 1 amide bonds. The SMILES string of the molecule is CC(C)(C)CC(C)(C)NC(=O)c1cnn(-c2cccc3ccccc23)c1OCc1ccc(Cl)cc1. The van der Waals surface area contributed by atoms with E-state index in [2.05, 4.69) is 43.3 Å². The van der Waals surface area contributed by atoms with E-state index in [1.54, 1.807) is 10.9 Å². The van der Waals surface area contributed by atoms with Gasteiger partial charge in [-0.25, -0.2) is 0 Å². The van der Waals surface area contributed by atoms with Crippen LogP contribution >= 0.6 is 11.6 Å². The number of benzene rings is 3. The molecule has 0 aliphatic rings. The molecule has 3 aromatic carbocycles. The van der Waals surface area contributed by atoms with Gasteiger partial charge < -0.3 is 10.1 Å². The van der Waals surface area contributed by atoms with Crippen LogP contribution in [0.2, 0.25) is 5.02 Å². The minimum Gasteiger partial charge on any atom is -0.472 e. The van der Waals surface area contributed by atoms with Gasteiger partial charge in [-0.1, -0.05) is 80.9 Å². The molecule has 0 bridgehead atoms. The maximum Gasteiger partial charge on any atom is 0.258 e. The quantitative estimate of drug-likeness (QED) is 0.298. The maximum absolute atomic E-state index is 13.5. The average Bonchev–Trinajstić information content (AvgIpc) is 3.20. The predicted molar refractivity (Wildman–Crippen MR) is 142 cm³/mol. The minimum atomic E-state index is -0.398. The number of aromatic nitrogens is 2. The first-order valence-corrected chi connectivity index (χ1v) is 12.2. The Morgan fingerprint density at radius 2 is 1.66 bits per heavy atom. The highest BCUT2D eigenvalue weighted by molar-refractivity contribution is 6.30. The van der Waals surface area contributed by atoms with E-state index in [0.29, 0.717) is 16.5 Å². The van der Waals surface area contributed by atoms with Crippen molar-refractivity contribution in [2.75, 3.05) is 0 Å². The second kappa shape index (κ2) is 9.74. The van der Waals surface area contributed by atoms with Crippen molar-refractivity contribution >= 4 is 28.3 Å². The topological polar surface area (TPSA) is 56.2 Å². The number of nitrogens with zero attached hydrogens (tertiary/aromatic N) is 2. The Morgan fingerprint density at radius 1 is 0.971 bits per heavy atom. The number of halogens is 1. The highest BCUT2D eigenvalue weighted by atomic mass is 35.5. The normalized spacial score (nSPS) is 12.1. The monoisotopic (exact) mass is 489 g/mol. The van der Waals surface area contributed by atoms with E-state index in [4.69, 9.17) is 16.3 Å². The van der Waals surface area contributed by atoms with Gasteiger partial charge in [-0.15, -0.1) is 0 Å². The molecule has 0 fully saturated rings. The van der Waals surface area contributed by atoms with E-state index in [9.17, 15) is 4.79 Å². The van der Waals surface area contributed by atoms with Gasteiger partial charge in [-0.05, 0) is 54.8 Å². The van der Waals surface area contributed by atoms with E-state index in [1.807, 2.05) is 68.4 Å². The second-order valence-corrected chi connectivity index (χ2v) is 11.2. The van der Waals surface area contributed by atoms with Crippen LogP contribution in [-0.2, 0) is 6.61 Å². The molecule has 4 aromatic rings. The molecular formula is C29H32ClN3O2. The molecule has 0 radical (unpaired) electrons. The molecule has 1 aromatic heterocycles. The Hall–Kier alpha value is -3.31. The lowest BCUT2D eigenvalue weighted by Gasteiger charge is -2.33. The van der Waals surface area contributed by atoms with Crippen molar-refractivity contribution in [1.29, 1.82) is 0 Å². The third-order valence-electron chi connectivity index (χ3n) is 5.68. The van der Waals surface area contributed by atoms with Crippen molar-refractivity contribution in [2.45, 2.75) is 53.2 Å². The first-order chi connectivity index (χ1) is 16.5. The summed E-state index contributed by atoms with van der Waals surface area (Å²) in [6, 6.07) is 21.6. The van der Waals surface area contributed by atoms with Crippen LogP contribution in [0.5, 0.6) is 5.88 Å². The third-order valence-corrected chi connectivity index (χ3v) is 5.93.